The van der Waals surface area contributed by atoms with Crippen molar-refractivity contribution in [3.05, 3.63) is 59.7 Å². The smallest absolute Gasteiger partial charge is 0.334 e. The van der Waals surface area contributed by atoms with Crippen molar-refractivity contribution in [3.63, 3.8) is 0 Å². The van der Waals surface area contributed by atoms with Gasteiger partial charge in [-0.1, -0.05) is 6.07 Å². The van der Waals surface area contributed by atoms with Crippen molar-refractivity contribution in [3.8, 4) is 0 Å². The summed E-state index contributed by atoms with van der Waals surface area (Å²) < 4.78 is 51.0. The van der Waals surface area contributed by atoms with Crippen molar-refractivity contribution in [1.29, 1.82) is 0 Å². The van der Waals surface area contributed by atoms with E-state index in [1.54, 1.807) is 0 Å². The molecule has 23 heavy (non-hydrogen) atoms. The molecule has 0 aliphatic carbocycles. The summed E-state index contributed by atoms with van der Waals surface area (Å²) in [6.07, 6.45) is -4.61. The number of amides is 1. The number of nitrogens with zero attached hydrogens (tertiary/aromatic N) is 1. The average molecular weight is 323 g/mol. The number of nitrogens with one attached hydrogen (secondary N) is 2. The lowest BCUT2D eigenvalue weighted by molar-refractivity contribution is -0.144. The molecule has 0 aliphatic heterocycles. The first-order valence-corrected chi connectivity index (χ1v) is 6.47. The second-order valence-corrected chi connectivity index (χ2v) is 4.75. The van der Waals surface area contributed by atoms with Crippen LogP contribution in [-0.4, -0.2) is 15.9 Å². The quantitative estimate of drug-likeness (QED) is 0.701. The molecule has 0 bridgehead atoms. The van der Waals surface area contributed by atoms with Crippen LogP contribution in [0.2, 0.25) is 0 Å². The molecular formula is C15H9F4N3O. The van der Waals surface area contributed by atoms with Crippen molar-refractivity contribution in [2.24, 2.45) is 0 Å². The molecule has 0 radical (unpaired) electrons. The van der Waals surface area contributed by atoms with E-state index in [0.717, 1.165) is 12.1 Å². The zero-order chi connectivity index (χ0) is 16.6. The lowest BCUT2D eigenvalue weighted by Gasteiger charge is -2.05. The lowest BCUT2D eigenvalue weighted by Crippen LogP contribution is -2.12. The Hall–Kier alpha value is -2.90. The van der Waals surface area contributed by atoms with Gasteiger partial charge < -0.3 is 10.3 Å². The number of para-hydroxylation sites is 1. The summed E-state index contributed by atoms with van der Waals surface area (Å²) in [4.78, 5) is 17.7. The zero-order valence-corrected chi connectivity index (χ0v) is 11.4. The fourth-order valence-corrected chi connectivity index (χ4v) is 2.06. The molecule has 1 heterocycles. The second kappa shape index (κ2) is 5.38. The summed E-state index contributed by atoms with van der Waals surface area (Å²) in [5, 5.41) is 2.47. The predicted octanol–water partition coefficient (Wildman–Crippen LogP) is 3.97. The normalized spacial score (nSPS) is 11.7. The predicted molar refractivity (Wildman–Crippen MR) is 75.4 cm³/mol. The topological polar surface area (TPSA) is 57.8 Å². The number of imidazole rings is 1. The third-order valence-corrected chi connectivity index (χ3v) is 3.14. The van der Waals surface area contributed by atoms with Crippen molar-refractivity contribution in [1.82, 2.24) is 9.97 Å². The van der Waals surface area contributed by atoms with Crippen molar-refractivity contribution < 1.29 is 22.4 Å². The third-order valence-electron chi connectivity index (χ3n) is 3.14. The fourth-order valence-electron chi connectivity index (χ4n) is 2.06. The van der Waals surface area contributed by atoms with Crippen LogP contribution in [0, 0.1) is 5.82 Å². The van der Waals surface area contributed by atoms with Gasteiger partial charge in [0.25, 0.3) is 5.91 Å². The van der Waals surface area contributed by atoms with Crippen LogP contribution in [0.3, 0.4) is 0 Å². The number of aromatic nitrogens is 2. The van der Waals surface area contributed by atoms with E-state index >= 15 is 0 Å². The molecule has 1 aromatic heterocycles. The summed E-state index contributed by atoms with van der Waals surface area (Å²) in [6.45, 7) is 0. The third kappa shape index (κ3) is 3.01. The minimum Gasteiger partial charge on any atom is -0.334 e. The van der Waals surface area contributed by atoms with Crippen molar-refractivity contribution >= 4 is 22.6 Å². The van der Waals surface area contributed by atoms with E-state index in [4.69, 9.17) is 0 Å². The number of carbonyl (C=O) groups is 1. The van der Waals surface area contributed by atoms with Crippen LogP contribution in [0.25, 0.3) is 11.0 Å². The number of halogens is 4. The Morgan fingerprint density at radius 3 is 2.43 bits per heavy atom. The van der Waals surface area contributed by atoms with E-state index in [0.29, 0.717) is 0 Å². The second-order valence-electron chi connectivity index (χ2n) is 4.75. The molecule has 118 valence electrons. The van der Waals surface area contributed by atoms with Crippen LogP contribution in [0.1, 0.15) is 16.2 Å². The Morgan fingerprint density at radius 2 is 1.78 bits per heavy atom. The standard InChI is InChI=1S/C15H9F4N3O/c16-9-6-4-8(5-7-9)13(23)20-10-2-1-3-11-12(10)22-14(21-11)15(17,18)19/h1-7H,(H,20,23)(H,21,22). The minimum atomic E-state index is -4.61. The first-order chi connectivity index (χ1) is 10.8. The number of rotatable bonds is 2. The first kappa shape index (κ1) is 15.0. The number of fused-ring (bicyclic) bond motifs is 1. The molecule has 0 atom stereocenters. The molecule has 8 heteroatoms. The maximum atomic E-state index is 12.8. The first-order valence-electron chi connectivity index (χ1n) is 6.47. The lowest BCUT2D eigenvalue weighted by atomic mass is 10.2. The number of carbonyl (C=O) groups excluding carboxylic acids is 1. The molecule has 4 nitrogen and oxygen atoms in total. The maximum absolute atomic E-state index is 12.8. The van der Waals surface area contributed by atoms with Gasteiger partial charge in [-0.2, -0.15) is 13.2 Å². The molecule has 0 saturated carbocycles. The molecule has 2 aromatic carbocycles. The highest BCUT2D eigenvalue weighted by molar-refractivity contribution is 6.08. The summed E-state index contributed by atoms with van der Waals surface area (Å²) >= 11 is 0. The Bertz CT molecular complexity index is 869. The van der Waals surface area contributed by atoms with Gasteiger partial charge in [-0.3, -0.25) is 4.79 Å². The number of hydrogen-bond donors (Lipinski definition) is 2. The summed E-state index contributed by atoms with van der Waals surface area (Å²) in [5.74, 6) is -2.21. The van der Waals surface area contributed by atoms with Crippen LogP contribution < -0.4 is 5.32 Å². The number of anilines is 1. The number of H-pyrrole nitrogens is 1. The van der Waals surface area contributed by atoms with E-state index < -0.39 is 23.7 Å². The van der Waals surface area contributed by atoms with E-state index in [1.807, 2.05) is 0 Å². The minimum absolute atomic E-state index is 0.00436. The average Bonchev–Trinajstić information content (AvgIpc) is 2.93. The monoisotopic (exact) mass is 323 g/mol. The van der Waals surface area contributed by atoms with Crippen LogP contribution >= 0.6 is 0 Å². The summed E-state index contributed by atoms with van der Waals surface area (Å²) in [6, 6.07) is 9.13. The van der Waals surface area contributed by atoms with Gasteiger partial charge in [-0.15, -0.1) is 0 Å². The molecule has 0 unspecified atom stereocenters. The van der Waals surface area contributed by atoms with Crippen LogP contribution in [-0.2, 0) is 6.18 Å². The van der Waals surface area contributed by atoms with Gasteiger partial charge in [0.15, 0.2) is 0 Å². The van der Waals surface area contributed by atoms with Crippen LogP contribution in [0.4, 0.5) is 23.2 Å². The van der Waals surface area contributed by atoms with Crippen molar-refractivity contribution in [2.75, 3.05) is 5.32 Å². The highest BCUT2D eigenvalue weighted by Crippen LogP contribution is 2.30. The van der Waals surface area contributed by atoms with E-state index in [2.05, 4.69) is 15.3 Å². The van der Waals surface area contributed by atoms with Gasteiger partial charge in [-0.25, -0.2) is 9.37 Å². The van der Waals surface area contributed by atoms with Gasteiger partial charge in [0.1, 0.15) is 11.3 Å². The molecule has 2 N–H and O–H groups in total. The molecule has 0 spiro atoms. The molecule has 3 rings (SSSR count). The highest BCUT2D eigenvalue weighted by atomic mass is 19.4. The zero-order valence-electron chi connectivity index (χ0n) is 11.4. The van der Waals surface area contributed by atoms with Gasteiger partial charge in [0.2, 0.25) is 5.82 Å². The Kier molecular flexibility index (Phi) is 3.51. The van der Waals surface area contributed by atoms with Crippen LogP contribution in [0.5, 0.6) is 0 Å². The van der Waals surface area contributed by atoms with Gasteiger partial charge >= 0.3 is 6.18 Å². The molecule has 1 amide bonds. The van der Waals surface area contributed by atoms with Crippen molar-refractivity contribution in [2.45, 2.75) is 6.18 Å². The molecule has 3 aromatic rings. The maximum Gasteiger partial charge on any atom is 0.449 e. The number of hydrogen-bond acceptors (Lipinski definition) is 2. The number of alkyl halides is 3. The van der Waals surface area contributed by atoms with E-state index in [-0.39, 0.29) is 22.3 Å². The summed E-state index contributed by atoms with van der Waals surface area (Å²) in [5.41, 5.74) is 0.447. The Labute approximate surface area is 127 Å². The largest absolute Gasteiger partial charge is 0.449 e. The Morgan fingerprint density at radius 1 is 1.09 bits per heavy atom. The highest BCUT2D eigenvalue weighted by Gasteiger charge is 2.35. The SMILES string of the molecule is O=C(Nc1cccc2[nH]c(C(F)(F)F)nc12)c1ccc(F)cc1. The number of benzene rings is 2. The molecule has 0 aliphatic rings. The summed E-state index contributed by atoms with van der Waals surface area (Å²) in [7, 11) is 0. The molecular weight excluding hydrogens is 314 g/mol. The number of aromatic amines is 1. The van der Waals surface area contributed by atoms with Crippen LogP contribution in [0.15, 0.2) is 42.5 Å². The van der Waals surface area contributed by atoms with E-state index in [1.165, 1.54) is 30.3 Å². The van der Waals surface area contributed by atoms with Gasteiger partial charge in [0, 0.05) is 5.56 Å². The van der Waals surface area contributed by atoms with Gasteiger partial charge in [-0.05, 0) is 36.4 Å². The molecule has 0 saturated heterocycles. The fraction of sp³-hybridized carbons (Fsp3) is 0.0667. The van der Waals surface area contributed by atoms with Gasteiger partial charge in [0.05, 0.1) is 11.2 Å². The Balaban J connectivity index is 1.95. The van der Waals surface area contributed by atoms with E-state index in [9.17, 15) is 22.4 Å². The molecule has 0 fully saturated rings.